The van der Waals surface area contributed by atoms with E-state index in [1.54, 1.807) is 0 Å². The number of nitrogens with one attached hydrogen (secondary N) is 1. The van der Waals surface area contributed by atoms with E-state index < -0.39 is 0 Å². The van der Waals surface area contributed by atoms with Crippen LogP contribution in [0.3, 0.4) is 0 Å². The van der Waals surface area contributed by atoms with Gasteiger partial charge < -0.3 is 9.88 Å². The van der Waals surface area contributed by atoms with Crippen molar-refractivity contribution in [3.8, 4) is 0 Å². The smallest absolute Gasteiger partial charge is 0.270 e. The van der Waals surface area contributed by atoms with Crippen molar-refractivity contribution >= 4 is 22.6 Å². The first kappa shape index (κ1) is 20.4. The Balaban J connectivity index is 1.44. The van der Waals surface area contributed by atoms with Gasteiger partial charge in [0.2, 0.25) is 0 Å². The standard InChI is InChI=1S/C26H30N2O2/c1-17-5-7-18(8-6-17)24(29)19-11-13-28(14-12-19)25(30)23-15-20-9-10-21(26(2,3)4)16-22(20)27-23/h5-10,15-16,19,27H,11-14H2,1-4H3. The van der Waals surface area contributed by atoms with Gasteiger partial charge in [0.15, 0.2) is 5.78 Å². The number of hydrogen-bond acceptors (Lipinski definition) is 2. The number of piperidine rings is 1. The number of aromatic amines is 1. The average Bonchev–Trinajstić information content (AvgIpc) is 3.16. The minimum absolute atomic E-state index is 0.00573. The number of nitrogens with zero attached hydrogens (tertiary/aromatic N) is 1. The number of Topliss-reactive ketones (excluding diaryl/α,β-unsaturated/α-hetero) is 1. The van der Waals surface area contributed by atoms with E-state index in [0.717, 1.165) is 22.0 Å². The maximum absolute atomic E-state index is 13.0. The number of benzene rings is 2. The highest BCUT2D eigenvalue weighted by atomic mass is 16.2. The van der Waals surface area contributed by atoms with E-state index in [0.29, 0.717) is 31.6 Å². The Labute approximate surface area is 178 Å². The second-order valence-electron chi connectivity index (χ2n) is 9.53. The third kappa shape index (κ3) is 4.04. The van der Waals surface area contributed by atoms with Gasteiger partial charge in [0.25, 0.3) is 5.91 Å². The van der Waals surface area contributed by atoms with Crippen LogP contribution < -0.4 is 0 Å². The summed E-state index contributed by atoms with van der Waals surface area (Å²) in [7, 11) is 0. The first-order valence-corrected chi connectivity index (χ1v) is 10.8. The third-order valence-electron chi connectivity index (χ3n) is 6.21. The second kappa shape index (κ2) is 7.75. The van der Waals surface area contributed by atoms with Crippen molar-refractivity contribution in [1.82, 2.24) is 9.88 Å². The number of amides is 1. The van der Waals surface area contributed by atoms with Gasteiger partial charge in [-0.15, -0.1) is 0 Å². The molecule has 1 amide bonds. The number of aryl methyl sites for hydroxylation is 1. The molecule has 3 aromatic rings. The van der Waals surface area contributed by atoms with Crippen molar-refractivity contribution in [1.29, 1.82) is 0 Å². The van der Waals surface area contributed by atoms with Gasteiger partial charge in [-0.05, 0) is 42.9 Å². The predicted octanol–water partition coefficient (Wildman–Crippen LogP) is 5.51. The van der Waals surface area contributed by atoms with Crippen LogP contribution in [0.2, 0.25) is 0 Å². The molecule has 4 rings (SSSR count). The summed E-state index contributed by atoms with van der Waals surface area (Å²) < 4.78 is 0. The van der Waals surface area contributed by atoms with Crippen LogP contribution >= 0.6 is 0 Å². The highest BCUT2D eigenvalue weighted by Gasteiger charge is 2.29. The summed E-state index contributed by atoms with van der Waals surface area (Å²) in [6.45, 7) is 9.81. The van der Waals surface area contributed by atoms with E-state index in [2.05, 4.69) is 44.0 Å². The molecule has 1 aliphatic rings. The summed E-state index contributed by atoms with van der Waals surface area (Å²) in [6.07, 6.45) is 1.43. The molecule has 1 aromatic heterocycles. The van der Waals surface area contributed by atoms with E-state index in [9.17, 15) is 9.59 Å². The van der Waals surface area contributed by atoms with Crippen molar-refractivity contribution in [3.05, 3.63) is 70.9 Å². The Hall–Kier alpha value is -2.88. The molecule has 0 radical (unpaired) electrons. The van der Waals surface area contributed by atoms with E-state index in [-0.39, 0.29) is 23.0 Å². The minimum atomic E-state index is -0.00573. The molecule has 1 N–H and O–H groups in total. The summed E-state index contributed by atoms with van der Waals surface area (Å²) in [5.41, 5.74) is 4.85. The van der Waals surface area contributed by atoms with Gasteiger partial charge in [-0.1, -0.05) is 62.7 Å². The maximum Gasteiger partial charge on any atom is 0.270 e. The summed E-state index contributed by atoms with van der Waals surface area (Å²) >= 11 is 0. The number of aromatic nitrogens is 1. The number of H-pyrrole nitrogens is 1. The van der Waals surface area contributed by atoms with Gasteiger partial charge in [-0.2, -0.15) is 0 Å². The Morgan fingerprint density at radius 3 is 2.27 bits per heavy atom. The molecule has 0 unspecified atom stereocenters. The lowest BCUT2D eigenvalue weighted by atomic mass is 9.87. The van der Waals surface area contributed by atoms with Gasteiger partial charge in [-0.25, -0.2) is 0 Å². The number of ketones is 1. The largest absolute Gasteiger partial charge is 0.351 e. The zero-order valence-electron chi connectivity index (χ0n) is 18.3. The monoisotopic (exact) mass is 402 g/mol. The van der Waals surface area contributed by atoms with Gasteiger partial charge in [0, 0.05) is 35.5 Å². The lowest BCUT2D eigenvalue weighted by molar-refractivity contribution is 0.0646. The summed E-state index contributed by atoms with van der Waals surface area (Å²) in [6, 6.07) is 16.1. The van der Waals surface area contributed by atoms with Crippen LogP contribution in [0.25, 0.3) is 10.9 Å². The normalized spacial score (nSPS) is 15.5. The van der Waals surface area contributed by atoms with Gasteiger partial charge in [0.1, 0.15) is 5.69 Å². The van der Waals surface area contributed by atoms with Crippen LogP contribution in [0.1, 0.15) is 65.6 Å². The lowest BCUT2D eigenvalue weighted by Gasteiger charge is -2.31. The Morgan fingerprint density at radius 1 is 0.967 bits per heavy atom. The van der Waals surface area contributed by atoms with Crippen molar-refractivity contribution < 1.29 is 9.59 Å². The molecule has 0 atom stereocenters. The van der Waals surface area contributed by atoms with Crippen molar-refractivity contribution in [2.24, 2.45) is 5.92 Å². The van der Waals surface area contributed by atoms with E-state index >= 15 is 0 Å². The van der Waals surface area contributed by atoms with Crippen LogP contribution in [0.5, 0.6) is 0 Å². The lowest BCUT2D eigenvalue weighted by Crippen LogP contribution is -2.40. The van der Waals surface area contributed by atoms with Crippen LogP contribution in [0, 0.1) is 12.8 Å². The molecule has 1 fully saturated rings. The third-order valence-corrected chi connectivity index (χ3v) is 6.21. The number of carbonyl (C=O) groups excluding carboxylic acids is 2. The van der Waals surface area contributed by atoms with Gasteiger partial charge >= 0.3 is 0 Å². The number of fused-ring (bicyclic) bond motifs is 1. The molecule has 0 spiro atoms. The molecular weight excluding hydrogens is 372 g/mol. The van der Waals surface area contributed by atoms with E-state index in [4.69, 9.17) is 0 Å². The maximum atomic E-state index is 13.0. The number of carbonyl (C=O) groups is 2. The van der Waals surface area contributed by atoms with Crippen LogP contribution in [-0.4, -0.2) is 34.7 Å². The predicted molar refractivity (Wildman–Crippen MR) is 121 cm³/mol. The minimum Gasteiger partial charge on any atom is -0.351 e. The zero-order chi connectivity index (χ0) is 21.5. The fraction of sp³-hybridized carbons (Fsp3) is 0.385. The summed E-state index contributed by atoms with van der Waals surface area (Å²) in [4.78, 5) is 31.0. The zero-order valence-corrected chi connectivity index (χ0v) is 18.3. The quantitative estimate of drug-likeness (QED) is 0.587. The SMILES string of the molecule is Cc1ccc(C(=O)C2CCN(C(=O)c3cc4ccc(C(C)(C)C)cc4[nH]3)CC2)cc1. The Kier molecular flexibility index (Phi) is 5.27. The summed E-state index contributed by atoms with van der Waals surface area (Å²) in [5, 5.41) is 1.05. The molecular formula is C26H30N2O2. The molecule has 1 saturated heterocycles. The number of hydrogen-bond donors (Lipinski definition) is 1. The molecule has 4 heteroatoms. The molecule has 0 bridgehead atoms. The molecule has 30 heavy (non-hydrogen) atoms. The molecule has 156 valence electrons. The molecule has 2 aromatic carbocycles. The van der Waals surface area contributed by atoms with Gasteiger partial charge in [0.05, 0.1) is 0 Å². The molecule has 0 aliphatic carbocycles. The van der Waals surface area contributed by atoms with Crippen molar-refractivity contribution in [2.75, 3.05) is 13.1 Å². The number of rotatable bonds is 3. The second-order valence-corrected chi connectivity index (χ2v) is 9.53. The molecule has 4 nitrogen and oxygen atoms in total. The van der Waals surface area contributed by atoms with Crippen molar-refractivity contribution in [2.45, 2.75) is 46.0 Å². The summed E-state index contributed by atoms with van der Waals surface area (Å²) in [5.74, 6) is 0.209. The molecule has 2 heterocycles. The van der Waals surface area contributed by atoms with E-state index in [1.807, 2.05) is 42.2 Å². The first-order valence-electron chi connectivity index (χ1n) is 10.8. The number of likely N-dealkylation sites (tertiary alicyclic amines) is 1. The molecule has 1 aliphatic heterocycles. The fourth-order valence-corrected chi connectivity index (χ4v) is 4.18. The first-order chi connectivity index (χ1) is 14.2. The van der Waals surface area contributed by atoms with Crippen LogP contribution in [0.4, 0.5) is 0 Å². The van der Waals surface area contributed by atoms with Crippen LogP contribution in [-0.2, 0) is 5.41 Å². The Bertz CT molecular complexity index is 1080. The Morgan fingerprint density at radius 2 is 1.63 bits per heavy atom. The molecule has 0 saturated carbocycles. The average molecular weight is 403 g/mol. The highest BCUT2D eigenvalue weighted by molar-refractivity contribution is 5.99. The highest BCUT2D eigenvalue weighted by Crippen LogP contribution is 2.28. The fourth-order valence-electron chi connectivity index (χ4n) is 4.18. The van der Waals surface area contributed by atoms with E-state index in [1.165, 1.54) is 5.56 Å². The topological polar surface area (TPSA) is 53.2 Å². The van der Waals surface area contributed by atoms with Crippen molar-refractivity contribution in [3.63, 3.8) is 0 Å². The van der Waals surface area contributed by atoms with Crippen LogP contribution in [0.15, 0.2) is 48.5 Å². The van der Waals surface area contributed by atoms with Gasteiger partial charge in [-0.3, -0.25) is 9.59 Å².